The fraction of sp³-hybridized carbons (Fsp3) is 0.118. The summed E-state index contributed by atoms with van der Waals surface area (Å²) in [5.74, 6) is -0.0578. The van der Waals surface area contributed by atoms with E-state index in [1.54, 1.807) is 0 Å². The monoisotopic (exact) mass is 370 g/mol. The molecule has 0 aliphatic carbocycles. The normalized spacial score (nSPS) is 11.0. The van der Waals surface area contributed by atoms with Gasteiger partial charge in [0.25, 0.3) is 5.56 Å². The van der Waals surface area contributed by atoms with Crippen molar-refractivity contribution in [3.8, 4) is 12.1 Å². The van der Waals surface area contributed by atoms with Crippen molar-refractivity contribution in [1.29, 1.82) is 10.5 Å². The number of alkyl halides is 3. The Morgan fingerprint density at radius 3 is 2.52 bits per heavy atom. The highest BCUT2D eigenvalue weighted by Gasteiger charge is 2.29. The van der Waals surface area contributed by atoms with Gasteiger partial charge in [-0.05, 0) is 24.3 Å². The van der Waals surface area contributed by atoms with E-state index in [2.05, 4.69) is 15.3 Å². The third-order valence-corrected chi connectivity index (χ3v) is 3.58. The molecule has 0 radical (unpaired) electrons. The molecular formula is C17H9F3N6O. The van der Waals surface area contributed by atoms with Crippen LogP contribution in [0.15, 0.2) is 41.3 Å². The molecule has 0 amide bonds. The van der Waals surface area contributed by atoms with Gasteiger partial charge in [0.15, 0.2) is 0 Å². The summed E-state index contributed by atoms with van der Waals surface area (Å²) >= 11 is 0. The van der Waals surface area contributed by atoms with Crippen LogP contribution in [0.1, 0.15) is 11.1 Å². The maximum Gasteiger partial charge on any atom is 0.406 e. The molecule has 0 unspecified atom stereocenters. The van der Waals surface area contributed by atoms with Crippen LogP contribution in [0.2, 0.25) is 0 Å². The minimum atomic E-state index is -4.59. The molecule has 10 heteroatoms. The van der Waals surface area contributed by atoms with Gasteiger partial charge in [0.05, 0.1) is 11.1 Å². The summed E-state index contributed by atoms with van der Waals surface area (Å²) in [6.07, 6.45) is -3.31. The van der Waals surface area contributed by atoms with Crippen LogP contribution < -0.4 is 10.9 Å². The summed E-state index contributed by atoms with van der Waals surface area (Å²) in [6.45, 7) is -1.48. The van der Waals surface area contributed by atoms with E-state index in [1.807, 2.05) is 12.1 Å². The highest BCUT2D eigenvalue weighted by atomic mass is 19.4. The molecule has 1 aromatic carbocycles. The highest BCUT2D eigenvalue weighted by molar-refractivity contribution is 5.75. The van der Waals surface area contributed by atoms with Crippen LogP contribution in [0.25, 0.3) is 11.0 Å². The third-order valence-electron chi connectivity index (χ3n) is 3.58. The molecule has 0 aliphatic heterocycles. The van der Waals surface area contributed by atoms with E-state index in [0.29, 0.717) is 10.3 Å². The largest absolute Gasteiger partial charge is 0.406 e. The molecule has 0 bridgehead atoms. The van der Waals surface area contributed by atoms with E-state index in [9.17, 15) is 18.0 Å². The Balaban J connectivity index is 2.04. The van der Waals surface area contributed by atoms with Crippen molar-refractivity contribution in [3.63, 3.8) is 0 Å². The standard InChI is InChI=1S/C17H9F3N6O/c18-17(19,20)9-26-14(27)4-2-11-8-23-16(25-15(11)26)24-13-3-1-10(6-21)12(5-13)7-22/h1-5,8H,9H2,(H,23,24,25). The second-order valence-corrected chi connectivity index (χ2v) is 5.45. The van der Waals surface area contributed by atoms with Crippen molar-refractivity contribution in [2.75, 3.05) is 5.32 Å². The van der Waals surface area contributed by atoms with Crippen molar-refractivity contribution in [2.24, 2.45) is 0 Å². The summed E-state index contributed by atoms with van der Waals surface area (Å²) in [6, 6.07) is 10.4. The van der Waals surface area contributed by atoms with Crippen LogP contribution >= 0.6 is 0 Å². The Hall–Kier alpha value is -3.92. The minimum absolute atomic E-state index is 0.0578. The third kappa shape index (κ3) is 3.85. The molecular weight excluding hydrogens is 361 g/mol. The Morgan fingerprint density at radius 1 is 1.11 bits per heavy atom. The predicted octanol–water partition coefficient (Wildman–Crippen LogP) is 2.84. The number of fused-ring (bicyclic) bond motifs is 1. The van der Waals surface area contributed by atoms with Crippen molar-refractivity contribution >= 4 is 22.7 Å². The van der Waals surface area contributed by atoms with Crippen molar-refractivity contribution in [2.45, 2.75) is 12.7 Å². The second kappa shape index (κ2) is 6.77. The second-order valence-electron chi connectivity index (χ2n) is 5.45. The van der Waals surface area contributed by atoms with Gasteiger partial charge < -0.3 is 5.32 Å². The zero-order chi connectivity index (χ0) is 19.6. The molecule has 0 saturated heterocycles. The van der Waals surface area contributed by atoms with Crippen molar-refractivity contribution in [3.05, 3.63) is 58.0 Å². The minimum Gasteiger partial charge on any atom is -0.324 e. The van der Waals surface area contributed by atoms with Crippen LogP contribution in [0.4, 0.5) is 24.8 Å². The average molecular weight is 370 g/mol. The van der Waals surface area contributed by atoms with E-state index in [0.717, 1.165) is 6.07 Å². The molecule has 3 rings (SSSR count). The lowest BCUT2D eigenvalue weighted by molar-refractivity contribution is -0.140. The number of hydrogen-bond acceptors (Lipinski definition) is 6. The Labute approximate surface area is 149 Å². The summed E-state index contributed by atoms with van der Waals surface area (Å²) in [7, 11) is 0. The van der Waals surface area contributed by atoms with Crippen molar-refractivity contribution < 1.29 is 13.2 Å². The molecule has 3 aromatic rings. The number of rotatable bonds is 3. The quantitative estimate of drug-likeness (QED) is 0.760. The molecule has 0 aliphatic rings. The Kier molecular flexibility index (Phi) is 4.48. The number of aromatic nitrogens is 3. The number of hydrogen-bond donors (Lipinski definition) is 1. The molecule has 2 aromatic heterocycles. The summed E-state index contributed by atoms with van der Waals surface area (Å²) < 4.78 is 38.8. The van der Waals surface area contributed by atoms with Gasteiger partial charge in [-0.15, -0.1) is 0 Å². The lowest BCUT2D eigenvalue weighted by Gasteiger charge is -2.12. The van der Waals surface area contributed by atoms with Gasteiger partial charge in [-0.1, -0.05) is 0 Å². The first-order valence-electron chi connectivity index (χ1n) is 7.45. The van der Waals surface area contributed by atoms with E-state index in [4.69, 9.17) is 10.5 Å². The zero-order valence-corrected chi connectivity index (χ0v) is 13.4. The average Bonchev–Trinajstić information content (AvgIpc) is 2.63. The number of benzene rings is 1. The van der Waals surface area contributed by atoms with Crippen molar-refractivity contribution in [1.82, 2.24) is 14.5 Å². The van der Waals surface area contributed by atoms with Gasteiger partial charge in [-0.25, -0.2) is 4.98 Å². The van der Waals surface area contributed by atoms with Crippen LogP contribution in [0.5, 0.6) is 0 Å². The zero-order valence-electron chi connectivity index (χ0n) is 13.4. The van der Waals surface area contributed by atoms with E-state index < -0.39 is 18.3 Å². The Bertz CT molecular complexity index is 1170. The van der Waals surface area contributed by atoms with E-state index in [1.165, 1.54) is 30.5 Å². The molecule has 0 fully saturated rings. The van der Waals surface area contributed by atoms with Gasteiger partial charge in [0, 0.05) is 23.3 Å². The number of anilines is 2. The van der Waals surface area contributed by atoms with Gasteiger partial charge in [0.2, 0.25) is 5.95 Å². The number of nitrogens with zero attached hydrogens (tertiary/aromatic N) is 5. The van der Waals surface area contributed by atoms with E-state index in [-0.39, 0.29) is 28.1 Å². The lowest BCUT2D eigenvalue weighted by Crippen LogP contribution is -2.28. The van der Waals surface area contributed by atoms with Crippen LogP contribution in [0, 0.1) is 22.7 Å². The lowest BCUT2D eigenvalue weighted by atomic mass is 10.1. The number of halogens is 3. The molecule has 27 heavy (non-hydrogen) atoms. The SMILES string of the molecule is N#Cc1ccc(Nc2ncc3ccc(=O)n(CC(F)(F)F)c3n2)cc1C#N. The fourth-order valence-electron chi connectivity index (χ4n) is 2.40. The van der Waals surface area contributed by atoms with Crippen LogP contribution in [-0.4, -0.2) is 20.7 Å². The molecule has 2 heterocycles. The first-order chi connectivity index (χ1) is 12.8. The fourth-order valence-corrected chi connectivity index (χ4v) is 2.40. The first-order valence-corrected chi connectivity index (χ1v) is 7.45. The molecule has 134 valence electrons. The van der Waals surface area contributed by atoms with Gasteiger partial charge >= 0.3 is 6.18 Å². The van der Waals surface area contributed by atoms with E-state index >= 15 is 0 Å². The van der Waals surface area contributed by atoms with Gasteiger partial charge in [0.1, 0.15) is 24.3 Å². The summed E-state index contributed by atoms with van der Waals surface area (Å²) in [5, 5.41) is 21.0. The number of pyridine rings is 1. The highest BCUT2D eigenvalue weighted by Crippen LogP contribution is 2.21. The summed E-state index contributed by atoms with van der Waals surface area (Å²) in [4.78, 5) is 19.9. The predicted molar refractivity (Wildman–Crippen MR) is 89.0 cm³/mol. The molecule has 0 atom stereocenters. The maximum absolute atomic E-state index is 12.8. The van der Waals surface area contributed by atoms with Gasteiger partial charge in [-0.3, -0.25) is 9.36 Å². The topological polar surface area (TPSA) is 107 Å². The summed E-state index contributed by atoms with van der Waals surface area (Å²) in [5.41, 5.74) is -0.342. The van der Waals surface area contributed by atoms with Crippen LogP contribution in [-0.2, 0) is 6.54 Å². The number of nitrogens with one attached hydrogen (secondary N) is 1. The molecule has 0 saturated carbocycles. The smallest absolute Gasteiger partial charge is 0.324 e. The molecule has 7 nitrogen and oxygen atoms in total. The number of nitriles is 2. The molecule has 0 spiro atoms. The van der Waals surface area contributed by atoms with Crippen LogP contribution in [0.3, 0.4) is 0 Å². The van der Waals surface area contributed by atoms with Gasteiger partial charge in [-0.2, -0.15) is 28.7 Å². The first kappa shape index (κ1) is 17.9. The Morgan fingerprint density at radius 2 is 1.85 bits per heavy atom. The maximum atomic E-state index is 12.8. The molecule has 1 N–H and O–H groups in total.